The number of aromatic nitrogens is 3. The Morgan fingerprint density at radius 3 is 2.81 bits per heavy atom. The minimum atomic E-state index is -0.239. The molecule has 1 aromatic carbocycles. The SMILES string of the molecule is Cc1c(C(=O)NCC(C)Oc2ccccc2Cl)nnn1C1CCNCC1.Cl. The van der Waals surface area contributed by atoms with Crippen molar-refractivity contribution in [3.8, 4) is 5.75 Å². The third kappa shape index (κ3) is 5.34. The number of ether oxygens (including phenoxy) is 1. The van der Waals surface area contributed by atoms with Crippen molar-refractivity contribution in [1.29, 1.82) is 0 Å². The van der Waals surface area contributed by atoms with Crippen molar-refractivity contribution < 1.29 is 9.53 Å². The highest BCUT2D eigenvalue weighted by Gasteiger charge is 2.23. The fraction of sp³-hybridized carbons (Fsp3) is 0.500. The van der Waals surface area contributed by atoms with E-state index in [4.69, 9.17) is 16.3 Å². The first-order valence-electron chi connectivity index (χ1n) is 8.88. The van der Waals surface area contributed by atoms with Gasteiger partial charge in [0.15, 0.2) is 5.69 Å². The summed E-state index contributed by atoms with van der Waals surface area (Å²) in [5.74, 6) is 0.362. The Bertz CT molecular complexity index is 762. The van der Waals surface area contributed by atoms with Crippen molar-refractivity contribution in [1.82, 2.24) is 25.6 Å². The lowest BCUT2D eigenvalue weighted by Gasteiger charge is -2.23. The Balaban J connectivity index is 0.00000261. The van der Waals surface area contributed by atoms with Gasteiger partial charge in [-0.05, 0) is 51.9 Å². The number of halogens is 2. The number of amides is 1. The van der Waals surface area contributed by atoms with Crippen LogP contribution < -0.4 is 15.4 Å². The van der Waals surface area contributed by atoms with Crippen molar-refractivity contribution in [3.05, 3.63) is 40.7 Å². The van der Waals surface area contributed by atoms with E-state index >= 15 is 0 Å². The molecule has 0 saturated carbocycles. The zero-order chi connectivity index (χ0) is 18.5. The summed E-state index contributed by atoms with van der Waals surface area (Å²) in [5.41, 5.74) is 1.17. The van der Waals surface area contributed by atoms with Crippen LogP contribution in [0.25, 0.3) is 0 Å². The van der Waals surface area contributed by atoms with E-state index in [2.05, 4.69) is 20.9 Å². The van der Waals surface area contributed by atoms with Crippen LogP contribution in [0.5, 0.6) is 5.75 Å². The normalized spacial score (nSPS) is 15.7. The standard InChI is InChI=1S/C18H24ClN5O2.ClH/c1-12(26-16-6-4-3-5-15(16)19)11-21-18(25)17-13(2)24(23-22-17)14-7-9-20-10-8-14;/h3-6,12,14,20H,7-11H2,1-2H3,(H,21,25);1H. The molecule has 1 aliphatic heterocycles. The van der Waals surface area contributed by atoms with Crippen LogP contribution in [0.3, 0.4) is 0 Å². The Morgan fingerprint density at radius 2 is 2.11 bits per heavy atom. The van der Waals surface area contributed by atoms with Gasteiger partial charge in [0.1, 0.15) is 11.9 Å². The lowest BCUT2D eigenvalue weighted by atomic mass is 10.1. The largest absolute Gasteiger partial charge is 0.487 e. The van der Waals surface area contributed by atoms with Crippen molar-refractivity contribution in [2.45, 2.75) is 38.8 Å². The molecule has 7 nitrogen and oxygen atoms in total. The van der Waals surface area contributed by atoms with Crippen LogP contribution in [0.15, 0.2) is 24.3 Å². The lowest BCUT2D eigenvalue weighted by Crippen LogP contribution is -2.34. The summed E-state index contributed by atoms with van der Waals surface area (Å²) in [7, 11) is 0. The summed E-state index contributed by atoms with van der Waals surface area (Å²) in [6.45, 7) is 6.04. The molecule has 2 heterocycles. The van der Waals surface area contributed by atoms with E-state index in [1.807, 2.05) is 30.7 Å². The van der Waals surface area contributed by atoms with E-state index in [0.29, 0.717) is 29.1 Å². The van der Waals surface area contributed by atoms with Crippen molar-refractivity contribution in [3.63, 3.8) is 0 Å². The Morgan fingerprint density at radius 1 is 1.41 bits per heavy atom. The molecule has 1 aliphatic rings. The third-order valence-corrected chi connectivity index (χ3v) is 4.82. The number of hydrogen-bond donors (Lipinski definition) is 2. The highest BCUT2D eigenvalue weighted by Crippen LogP contribution is 2.24. The number of nitrogens with zero attached hydrogens (tertiary/aromatic N) is 3. The fourth-order valence-corrected chi connectivity index (χ4v) is 3.25. The van der Waals surface area contributed by atoms with Gasteiger partial charge in [0.2, 0.25) is 0 Å². The number of piperidine rings is 1. The molecular weight excluding hydrogens is 389 g/mol. The van der Waals surface area contributed by atoms with Gasteiger partial charge < -0.3 is 15.4 Å². The second-order valence-electron chi connectivity index (χ2n) is 6.52. The maximum absolute atomic E-state index is 12.5. The molecule has 2 N–H and O–H groups in total. The molecule has 0 aliphatic carbocycles. The molecular formula is C18H25Cl2N5O2. The highest BCUT2D eigenvalue weighted by atomic mass is 35.5. The van der Waals surface area contributed by atoms with Crippen LogP contribution in [0.4, 0.5) is 0 Å². The van der Waals surface area contributed by atoms with Gasteiger partial charge in [-0.3, -0.25) is 4.79 Å². The average molecular weight is 414 g/mol. The summed E-state index contributed by atoms with van der Waals surface area (Å²) in [6.07, 6.45) is 1.76. The average Bonchev–Trinajstić information content (AvgIpc) is 3.04. The predicted octanol–water partition coefficient (Wildman–Crippen LogP) is 2.78. The van der Waals surface area contributed by atoms with Gasteiger partial charge in [0.05, 0.1) is 23.3 Å². The van der Waals surface area contributed by atoms with Crippen LogP contribution in [0.2, 0.25) is 5.02 Å². The fourth-order valence-electron chi connectivity index (χ4n) is 3.07. The minimum absolute atomic E-state index is 0. The zero-order valence-electron chi connectivity index (χ0n) is 15.4. The van der Waals surface area contributed by atoms with E-state index in [-0.39, 0.29) is 24.4 Å². The van der Waals surface area contributed by atoms with Gasteiger partial charge in [0, 0.05) is 0 Å². The number of benzene rings is 1. The quantitative estimate of drug-likeness (QED) is 0.760. The first-order valence-corrected chi connectivity index (χ1v) is 9.26. The lowest BCUT2D eigenvalue weighted by molar-refractivity contribution is 0.0926. The summed E-state index contributed by atoms with van der Waals surface area (Å²) in [4.78, 5) is 12.5. The number of carbonyl (C=O) groups excluding carboxylic acids is 1. The molecule has 0 spiro atoms. The molecule has 2 aromatic rings. The zero-order valence-corrected chi connectivity index (χ0v) is 17.0. The van der Waals surface area contributed by atoms with Gasteiger partial charge in [0.25, 0.3) is 5.91 Å². The first kappa shape index (κ1) is 21.5. The Hall–Kier alpha value is -1.83. The first-order chi connectivity index (χ1) is 12.6. The molecule has 3 rings (SSSR count). The second kappa shape index (κ2) is 9.92. The van der Waals surface area contributed by atoms with Crippen LogP contribution in [-0.4, -0.2) is 46.6 Å². The Kier molecular flexibility index (Phi) is 7.89. The van der Waals surface area contributed by atoms with E-state index in [0.717, 1.165) is 31.6 Å². The molecule has 0 bridgehead atoms. The van der Waals surface area contributed by atoms with Crippen LogP contribution >= 0.6 is 24.0 Å². The van der Waals surface area contributed by atoms with Crippen LogP contribution in [0.1, 0.15) is 42.0 Å². The maximum Gasteiger partial charge on any atom is 0.273 e. The molecule has 9 heteroatoms. The predicted molar refractivity (Wildman–Crippen MR) is 107 cm³/mol. The third-order valence-electron chi connectivity index (χ3n) is 4.51. The molecule has 27 heavy (non-hydrogen) atoms. The summed E-state index contributed by atoms with van der Waals surface area (Å²) in [5, 5.41) is 15.0. The van der Waals surface area contributed by atoms with E-state index in [1.165, 1.54) is 0 Å². The van der Waals surface area contributed by atoms with Gasteiger partial charge >= 0.3 is 0 Å². The topological polar surface area (TPSA) is 81.1 Å². The monoisotopic (exact) mass is 413 g/mol. The number of hydrogen-bond acceptors (Lipinski definition) is 5. The van der Waals surface area contributed by atoms with Gasteiger partial charge in [-0.25, -0.2) is 4.68 Å². The number of para-hydroxylation sites is 1. The van der Waals surface area contributed by atoms with E-state index < -0.39 is 0 Å². The maximum atomic E-state index is 12.5. The molecule has 0 radical (unpaired) electrons. The molecule has 1 aromatic heterocycles. The molecule has 1 atom stereocenters. The van der Waals surface area contributed by atoms with Gasteiger partial charge in [-0.1, -0.05) is 28.9 Å². The molecule has 1 amide bonds. The molecule has 148 valence electrons. The molecule has 1 fully saturated rings. The van der Waals surface area contributed by atoms with Crippen molar-refractivity contribution >= 4 is 29.9 Å². The minimum Gasteiger partial charge on any atom is -0.487 e. The van der Waals surface area contributed by atoms with Crippen molar-refractivity contribution in [2.75, 3.05) is 19.6 Å². The molecule has 1 unspecified atom stereocenters. The van der Waals surface area contributed by atoms with Gasteiger partial charge in [-0.2, -0.15) is 0 Å². The summed E-state index contributed by atoms with van der Waals surface area (Å²) in [6, 6.07) is 7.57. The van der Waals surface area contributed by atoms with E-state index in [1.54, 1.807) is 12.1 Å². The van der Waals surface area contributed by atoms with E-state index in [9.17, 15) is 4.79 Å². The summed E-state index contributed by atoms with van der Waals surface area (Å²) >= 11 is 6.09. The second-order valence-corrected chi connectivity index (χ2v) is 6.93. The van der Waals surface area contributed by atoms with Crippen LogP contribution in [-0.2, 0) is 0 Å². The number of nitrogens with one attached hydrogen (secondary N) is 2. The van der Waals surface area contributed by atoms with Gasteiger partial charge in [-0.15, -0.1) is 17.5 Å². The smallest absolute Gasteiger partial charge is 0.273 e. The number of carbonyl (C=O) groups is 1. The van der Waals surface area contributed by atoms with Crippen molar-refractivity contribution in [2.24, 2.45) is 0 Å². The Labute approximate surface area is 170 Å². The van der Waals surface area contributed by atoms with Crippen LogP contribution in [0, 0.1) is 6.92 Å². The number of rotatable bonds is 6. The molecule has 1 saturated heterocycles. The summed E-state index contributed by atoms with van der Waals surface area (Å²) < 4.78 is 7.64. The highest BCUT2D eigenvalue weighted by molar-refractivity contribution is 6.32.